The molecule has 11 heteroatoms. The molecule has 2 atom stereocenters. The Kier molecular flexibility index (Phi) is 5.22. The van der Waals surface area contributed by atoms with Crippen molar-refractivity contribution < 1.29 is 14.7 Å². The van der Waals surface area contributed by atoms with E-state index < -0.39 is 17.4 Å². The van der Waals surface area contributed by atoms with Crippen molar-refractivity contribution in [1.82, 2.24) is 19.9 Å². The van der Waals surface area contributed by atoms with Crippen molar-refractivity contribution in [3.8, 4) is 5.13 Å². The number of nitrogens with two attached hydrogens (primary N) is 1. The lowest BCUT2D eigenvalue weighted by Crippen LogP contribution is -2.45. The zero-order valence-electron chi connectivity index (χ0n) is 16.1. The van der Waals surface area contributed by atoms with Gasteiger partial charge in [0.15, 0.2) is 10.8 Å². The Morgan fingerprint density at radius 1 is 1.40 bits per heavy atom. The highest BCUT2D eigenvalue weighted by Gasteiger charge is 2.26. The van der Waals surface area contributed by atoms with Gasteiger partial charge in [-0.3, -0.25) is 14.2 Å². The standard InChI is InChI=1S/C19H20N6O4S/c1-10(20)17(27)22-11-4-6-24(8-11)14-3-2-12-15(26)13(18(28)29)9-25(16(12)23-14)19-21-5-7-30-19/h2-3,5,7,9-11H,4,6,8,20H2,1H3,(H,22,27)(H,28,29)/t10-,11?/m0/s1. The van der Waals surface area contributed by atoms with Crippen LogP contribution in [-0.2, 0) is 4.79 Å². The average molecular weight is 428 g/mol. The number of hydrogen-bond donors (Lipinski definition) is 3. The molecule has 0 aromatic carbocycles. The molecule has 0 radical (unpaired) electrons. The van der Waals surface area contributed by atoms with Gasteiger partial charge in [-0.2, -0.15) is 0 Å². The Labute approximate surface area is 175 Å². The highest BCUT2D eigenvalue weighted by atomic mass is 32.1. The van der Waals surface area contributed by atoms with Crippen LogP contribution in [-0.4, -0.2) is 56.7 Å². The van der Waals surface area contributed by atoms with E-state index in [4.69, 9.17) is 5.73 Å². The minimum Gasteiger partial charge on any atom is -0.477 e. The third-order valence-corrected chi connectivity index (χ3v) is 5.73. The number of rotatable bonds is 5. The van der Waals surface area contributed by atoms with Crippen molar-refractivity contribution in [3.05, 3.63) is 45.7 Å². The van der Waals surface area contributed by atoms with E-state index in [1.165, 1.54) is 22.1 Å². The number of pyridine rings is 2. The van der Waals surface area contributed by atoms with Gasteiger partial charge in [0, 0.05) is 36.9 Å². The maximum atomic E-state index is 12.6. The summed E-state index contributed by atoms with van der Waals surface area (Å²) in [7, 11) is 0. The van der Waals surface area contributed by atoms with Crippen LogP contribution in [0.5, 0.6) is 0 Å². The fourth-order valence-corrected chi connectivity index (χ4v) is 4.04. The molecule has 10 nitrogen and oxygen atoms in total. The van der Waals surface area contributed by atoms with Crippen LogP contribution in [0.25, 0.3) is 16.2 Å². The Balaban J connectivity index is 1.73. The summed E-state index contributed by atoms with van der Waals surface area (Å²) in [6, 6.07) is 2.66. The molecule has 1 aliphatic heterocycles. The van der Waals surface area contributed by atoms with E-state index in [-0.39, 0.29) is 22.9 Å². The maximum Gasteiger partial charge on any atom is 0.341 e. The Bertz CT molecular complexity index is 1170. The summed E-state index contributed by atoms with van der Waals surface area (Å²) in [5, 5.41) is 14.8. The van der Waals surface area contributed by atoms with Crippen molar-refractivity contribution in [3.63, 3.8) is 0 Å². The van der Waals surface area contributed by atoms with Crippen LogP contribution in [0.1, 0.15) is 23.7 Å². The van der Waals surface area contributed by atoms with Gasteiger partial charge >= 0.3 is 5.97 Å². The van der Waals surface area contributed by atoms with Crippen molar-refractivity contribution in [2.45, 2.75) is 25.4 Å². The summed E-state index contributed by atoms with van der Waals surface area (Å²) < 4.78 is 1.53. The monoisotopic (exact) mass is 428 g/mol. The maximum absolute atomic E-state index is 12.6. The average Bonchev–Trinajstić information content (AvgIpc) is 3.40. The lowest BCUT2D eigenvalue weighted by Gasteiger charge is -2.19. The summed E-state index contributed by atoms with van der Waals surface area (Å²) in [6.45, 7) is 2.87. The van der Waals surface area contributed by atoms with Gasteiger partial charge in [0.1, 0.15) is 11.4 Å². The number of carboxylic acid groups (broad SMARTS) is 1. The number of anilines is 1. The number of thiazole rings is 1. The molecule has 1 unspecified atom stereocenters. The SMILES string of the molecule is C[C@H](N)C(=O)NC1CCN(c2ccc3c(=O)c(C(=O)O)cn(-c4nccs4)c3n2)C1. The van der Waals surface area contributed by atoms with E-state index in [9.17, 15) is 19.5 Å². The zero-order chi connectivity index (χ0) is 21.4. The summed E-state index contributed by atoms with van der Waals surface area (Å²) in [4.78, 5) is 46.9. The molecule has 0 saturated carbocycles. The molecular weight excluding hydrogens is 408 g/mol. The minimum absolute atomic E-state index is 0.0449. The summed E-state index contributed by atoms with van der Waals surface area (Å²) in [5.41, 5.74) is 5.02. The molecule has 30 heavy (non-hydrogen) atoms. The quantitative estimate of drug-likeness (QED) is 0.535. The lowest BCUT2D eigenvalue weighted by atomic mass is 10.2. The topological polar surface area (TPSA) is 143 Å². The molecule has 3 aromatic rings. The Morgan fingerprint density at radius 2 is 2.20 bits per heavy atom. The van der Waals surface area contributed by atoms with Gasteiger partial charge in [-0.15, -0.1) is 11.3 Å². The number of aromatic nitrogens is 3. The Hall–Kier alpha value is -3.31. The molecule has 4 N–H and O–H groups in total. The number of carbonyl (C=O) groups is 2. The number of carboxylic acids is 1. The first-order chi connectivity index (χ1) is 14.3. The van der Waals surface area contributed by atoms with E-state index in [1.54, 1.807) is 30.6 Å². The Morgan fingerprint density at radius 3 is 2.87 bits per heavy atom. The number of nitrogens with zero attached hydrogens (tertiary/aromatic N) is 4. The predicted molar refractivity (Wildman–Crippen MR) is 112 cm³/mol. The van der Waals surface area contributed by atoms with E-state index in [2.05, 4.69) is 15.3 Å². The van der Waals surface area contributed by atoms with Gasteiger partial charge in [0.2, 0.25) is 11.3 Å². The van der Waals surface area contributed by atoms with Crippen molar-refractivity contribution in [2.24, 2.45) is 5.73 Å². The number of aromatic carboxylic acids is 1. The molecule has 4 rings (SSSR count). The van der Waals surface area contributed by atoms with Crippen LogP contribution in [0.15, 0.2) is 34.7 Å². The fraction of sp³-hybridized carbons (Fsp3) is 0.316. The summed E-state index contributed by atoms with van der Waals surface area (Å²) in [6.07, 6.45) is 3.61. The number of fused-ring (bicyclic) bond motifs is 1. The van der Waals surface area contributed by atoms with Gasteiger partial charge in [-0.25, -0.2) is 14.8 Å². The van der Waals surface area contributed by atoms with E-state index in [0.29, 0.717) is 29.7 Å². The first-order valence-electron chi connectivity index (χ1n) is 9.35. The van der Waals surface area contributed by atoms with Crippen LogP contribution in [0.2, 0.25) is 0 Å². The fourth-order valence-electron chi connectivity index (χ4n) is 3.42. The first-order valence-corrected chi connectivity index (χ1v) is 10.2. The molecule has 1 saturated heterocycles. The van der Waals surface area contributed by atoms with Gasteiger partial charge < -0.3 is 21.1 Å². The molecule has 4 heterocycles. The van der Waals surface area contributed by atoms with Gasteiger partial charge in [0.05, 0.1) is 11.4 Å². The molecule has 0 aliphatic carbocycles. The summed E-state index contributed by atoms with van der Waals surface area (Å²) in [5.74, 6) is -0.872. The molecule has 1 fully saturated rings. The van der Waals surface area contributed by atoms with Crippen LogP contribution in [0.3, 0.4) is 0 Å². The molecule has 0 bridgehead atoms. The smallest absolute Gasteiger partial charge is 0.341 e. The molecule has 1 aliphatic rings. The molecule has 156 valence electrons. The second kappa shape index (κ2) is 7.84. The normalized spacial score (nSPS) is 17.3. The van der Waals surface area contributed by atoms with E-state index in [1.807, 2.05) is 4.90 Å². The number of amides is 1. The largest absolute Gasteiger partial charge is 0.477 e. The zero-order valence-corrected chi connectivity index (χ0v) is 16.9. The molecule has 3 aromatic heterocycles. The third kappa shape index (κ3) is 3.64. The minimum atomic E-state index is -1.30. The van der Waals surface area contributed by atoms with Gasteiger partial charge in [0.25, 0.3) is 0 Å². The van der Waals surface area contributed by atoms with Crippen LogP contribution < -0.4 is 21.4 Å². The van der Waals surface area contributed by atoms with E-state index >= 15 is 0 Å². The second-order valence-electron chi connectivity index (χ2n) is 7.13. The second-order valence-corrected chi connectivity index (χ2v) is 8.00. The number of hydrogen-bond acceptors (Lipinski definition) is 8. The van der Waals surface area contributed by atoms with Crippen molar-refractivity contribution >= 4 is 40.1 Å². The lowest BCUT2D eigenvalue weighted by molar-refractivity contribution is -0.122. The third-order valence-electron chi connectivity index (χ3n) is 4.96. The number of nitrogens with one attached hydrogen (secondary N) is 1. The predicted octanol–water partition coefficient (Wildman–Crippen LogP) is 0.583. The first kappa shape index (κ1) is 20.0. The highest BCUT2D eigenvalue weighted by molar-refractivity contribution is 7.12. The molecule has 0 spiro atoms. The van der Waals surface area contributed by atoms with Crippen molar-refractivity contribution in [2.75, 3.05) is 18.0 Å². The van der Waals surface area contributed by atoms with Crippen LogP contribution >= 0.6 is 11.3 Å². The highest BCUT2D eigenvalue weighted by Crippen LogP contribution is 2.23. The van der Waals surface area contributed by atoms with Crippen molar-refractivity contribution in [1.29, 1.82) is 0 Å². The van der Waals surface area contributed by atoms with Gasteiger partial charge in [-0.05, 0) is 25.5 Å². The van der Waals surface area contributed by atoms with E-state index in [0.717, 1.165) is 6.42 Å². The van der Waals surface area contributed by atoms with Crippen LogP contribution in [0, 0.1) is 0 Å². The summed E-state index contributed by atoms with van der Waals surface area (Å²) >= 11 is 1.31. The van der Waals surface area contributed by atoms with Crippen LogP contribution in [0.4, 0.5) is 5.82 Å². The molecular formula is C19H20N6O4S. The molecule has 1 amide bonds. The number of carbonyl (C=O) groups excluding carboxylic acids is 1. The van der Waals surface area contributed by atoms with Gasteiger partial charge in [-0.1, -0.05) is 0 Å².